The number of aliphatic carboxylic acids is 1. The number of hydrogen-bond acceptors (Lipinski definition) is 4. The third-order valence-electron chi connectivity index (χ3n) is 3.26. The average Bonchev–Trinajstić information content (AvgIpc) is 2.98. The molecular formula is C15H12N2O4. The Balaban J connectivity index is 1.77. The van der Waals surface area contributed by atoms with E-state index in [1.54, 1.807) is 6.07 Å². The van der Waals surface area contributed by atoms with Gasteiger partial charge in [0.25, 0.3) is 5.91 Å². The Morgan fingerprint density at radius 1 is 1.19 bits per heavy atom. The van der Waals surface area contributed by atoms with Crippen LogP contribution in [-0.2, 0) is 14.4 Å². The number of anilines is 1. The van der Waals surface area contributed by atoms with Crippen LogP contribution in [0.2, 0.25) is 0 Å². The van der Waals surface area contributed by atoms with Gasteiger partial charge in [-0.1, -0.05) is 41.6 Å². The minimum atomic E-state index is -1.17. The molecule has 3 rings (SSSR count). The number of carboxylic acids is 1. The number of nitrogens with zero attached hydrogens (tertiary/aromatic N) is 1. The van der Waals surface area contributed by atoms with Gasteiger partial charge in [0.05, 0.1) is 0 Å². The maximum atomic E-state index is 12.1. The van der Waals surface area contributed by atoms with Crippen molar-refractivity contribution in [2.24, 2.45) is 5.16 Å². The maximum Gasteiger partial charge on any atom is 0.353 e. The molecule has 0 spiro atoms. The van der Waals surface area contributed by atoms with Crippen LogP contribution in [0.4, 0.5) is 5.69 Å². The second-order valence-electron chi connectivity index (χ2n) is 4.66. The van der Waals surface area contributed by atoms with Gasteiger partial charge in [0, 0.05) is 17.5 Å². The van der Waals surface area contributed by atoms with E-state index in [2.05, 4.69) is 10.5 Å². The monoisotopic (exact) mass is 284 g/mol. The number of carbonyl (C=O) groups is 2. The van der Waals surface area contributed by atoms with Crippen LogP contribution in [0.1, 0.15) is 6.42 Å². The predicted molar refractivity (Wildman–Crippen MR) is 77.1 cm³/mol. The number of benzene rings is 2. The topological polar surface area (TPSA) is 88.0 Å². The van der Waals surface area contributed by atoms with Gasteiger partial charge in [0.2, 0.25) is 6.10 Å². The molecule has 1 amide bonds. The smallest absolute Gasteiger partial charge is 0.353 e. The molecule has 1 aliphatic rings. The van der Waals surface area contributed by atoms with Crippen molar-refractivity contribution in [3.63, 3.8) is 0 Å². The van der Waals surface area contributed by atoms with E-state index in [1.807, 2.05) is 36.4 Å². The molecule has 2 aromatic rings. The molecule has 106 valence electrons. The summed E-state index contributed by atoms with van der Waals surface area (Å²) >= 11 is 0. The first kappa shape index (κ1) is 13.1. The summed E-state index contributed by atoms with van der Waals surface area (Å²) in [6, 6.07) is 13.2. The van der Waals surface area contributed by atoms with Gasteiger partial charge in [-0.05, 0) is 11.5 Å². The van der Waals surface area contributed by atoms with Crippen LogP contribution in [0.15, 0.2) is 47.6 Å². The van der Waals surface area contributed by atoms with E-state index in [9.17, 15) is 9.59 Å². The zero-order valence-corrected chi connectivity index (χ0v) is 10.9. The summed E-state index contributed by atoms with van der Waals surface area (Å²) in [5.41, 5.74) is 0.513. The summed E-state index contributed by atoms with van der Waals surface area (Å²) in [6.45, 7) is 0. The molecule has 0 aliphatic carbocycles. The third-order valence-corrected chi connectivity index (χ3v) is 3.26. The van der Waals surface area contributed by atoms with Crippen LogP contribution in [0.3, 0.4) is 0 Å². The molecule has 1 unspecified atom stereocenters. The first-order valence-electron chi connectivity index (χ1n) is 6.40. The lowest BCUT2D eigenvalue weighted by atomic mass is 10.1. The summed E-state index contributed by atoms with van der Waals surface area (Å²) in [5, 5.41) is 16.9. The highest BCUT2D eigenvalue weighted by Crippen LogP contribution is 2.24. The first-order valence-corrected chi connectivity index (χ1v) is 6.40. The van der Waals surface area contributed by atoms with Crippen LogP contribution < -0.4 is 5.32 Å². The number of rotatable bonds is 3. The number of carbonyl (C=O) groups excluding carboxylic acids is 1. The highest BCUT2D eigenvalue weighted by molar-refractivity contribution is 6.36. The van der Waals surface area contributed by atoms with E-state index >= 15 is 0 Å². The fraction of sp³-hybridized carbons (Fsp3) is 0.133. The number of oxime groups is 1. The van der Waals surface area contributed by atoms with Gasteiger partial charge in [0.1, 0.15) is 0 Å². The van der Waals surface area contributed by atoms with E-state index in [-0.39, 0.29) is 12.1 Å². The number of amides is 1. The van der Waals surface area contributed by atoms with Crippen molar-refractivity contribution in [3.8, 4) is 0 Å². The van der Waals surface area contributed by atoms with Gasteiger partial charge in [0.15, 0.2) is 5.71 Å². The van der Waals surface area contributed by atoms with Crippen LogP contribution in [0.25, 0.3) is 10.8 Å². The molecule has 6 nitrogen and oxygen atoms in total. The molecule has 0 radical (unpaired) electrons. The molecule has 2 N–H and O–H groups in total. The lowest BCUT2D eigenvalue weighted by molar-refractivity contribution is -0.129. The van der Waals surface area contributed by atoms with Crippen molar-refractivity contribution >= 4 is 34.0 Å². The molecule has 2 aromatic carbocycles. The molecule has 1 aliphatic heterocycles. The Morgan fingerprint density at radius 3 is 2.71 bits per heavy atom. The van der Waals surface area contributed by atoms with Crippen LogP contribution in [0, 0.1) is 0 Å². The quantitative estimate of drug-likeness (QED) is 0.902. The minimum Gasteiger partial charge on any atom is -0.477 e. The fourth-order valence-corrected chi connectivity index (χ4v) is 2.19. The molecule has 21 heavy (non-hydrogen) atoms. The number of carboxylic acid groups (broad SMARTS) is 1. The van der Waals surface area contributed by atoms with Gasteiger partial charge in [-0.3, -0.25) is 4.79 Å². The second-order valence-corrected chi connectivity index (χ2v) is 4.66. The summed E-state index contributed by atoms with van der Waals surface area (Å²) in [4.78, 5) is 27.8. The van der Waals surface area contributed by atoms with Crippen molar-refractivity contribution in [3.05, 3.63) is 42.5 Å². The molecule has 0 saturated carbocycles. The van der Waals surface area contributed by atoms with Crippen molar-refractivity contribution < 1.29 is 19.5 Å². The van der Waals surface area contributed by atoms with Gasteiger partial charge in [-0.15, -0.1) is 0 Å². The second kappa shape index (κ2) is 5.24. The van der Waals surface area contributed by atoms with Crippen molar-refractivity contribution in [1.29, 1.82) is 0 Å². The molecular weight excluding hydrogens is 272 g/mol. The number of hydrogen-bond donors (Lipinski definition) is 2. The average molecular weight is 284 g/mol. The van der Waals surface area contributed by atoms with E-state index in [0.717, 1.165) is 10.8 Å². The summed E-state index contributed by atoms with van der Waals surface area (Å²) < 4.78 is 0. The molecule has 0 aromatic heterocycles. The zero-order valence-electron chi connectivity index (χ0n) is 10.9. The van der Waals surface area contributed by atoms with Gasteiger partial charge >= 0.3 is 5.97 Å². The van der Waals surface area contributed by atoms with Crippen molar-refractivity contribution in [2.45, 2.75) is 12.5 Å². The molecule has 0 saturated heterocycles. The minimum absolute atomic E-state index is 0.0358. The van der Waals surface area contributed by atoms with Crippen LogP contribution in [-0.4, -0.2) is 28.8 Å². The van der Waals surface area contributed by atoms with Crippen LogP contribution >= 0.6 is 0 Å². The van der Waals surface area contributed by atoms with E-state index in [0.29, 0.717) is 5.69 Å². The zero-order chi connectivity index (χ0) is 14.8. The van der Waals surface area contributed by atoms with Crippen molar-refractivity contribution in [1.82, 2.24) is 0 Å². The maximum absolute atomic E-state index is 12.1. The Hall–Kier alpha value is -2.89. The highest BCUT2D eigenvalue weighted by Gasteiger charge is 2.31. The fourth-order valence-electron chi connectivity index (χ4n) is 2.19. The molecule has 0 fully saturated rings. The lowest BCUT2D eigenvalue weighted by Crippen LogP contribution is -2.29. The lowest BCUT2D eigenvalue weighted by Gasteiger charge is -2.11. The largest absolute Gasteiger partial charge is 0.477 e. The van der Waals surface area contributed by atoms with E-state index < -0.39 is 18.0 Å². The summed E-state index contributed by atoms with van der Waals surface area (Å²) in [6.07, 6.45) is -0.943. The first-order chi connectivity index (χ1) is 10.1. The highest BCUT2D eigenvalue weighted by atomic mass is 16.6. The Labute approximate surface area is 120 Å². The number of fused-ring (bicyclic) bond motifs is 1. The number of nitrogens with one attached hydrogen (secondary N) is 1. The van der Waals surface area contributed by atoms with Gasteiger partial charge in [-0.2, -0.15) is 0 Å². The van der Waals surface area contributed by atoms with Crippen molar-refractivity contribution in [2.75, 3.05) is 5.32 Å². The molecule has 1 atom stereocenters. The Bertz CT molecular complexity index is 749. The molecule has 0 bridgehead atoms. The normalized spacial score (nSPS) is 17.1. The van der Waals surface area contributed by atoms with Gasteiger partial charge in [-0.25, -0.2) is 4.79 Å². The third kappa shape index (κ3) is 2.55. The van der Waals surface area contributed by atoms with E-state index in [1.165, 1.54) is 0 Å². The Kier molecular flexibility index (Phi) is 3.27. The van der Waals surface area contributed by atoms with Gasteiger partial charge < -0.3 is 15.3 Å². The van der Waals surface area contributed by atoms with Crippen LogP contribution in [0.5, 0.6) is 0 Å². The standard InChI is InChI=1S/C15H12N2O4/c18-14(13-8-12(15(19)20)17-21-13)16-11-7-3-5-9-4-1-2-6-10(9)11/h1-7,13H,8H2,(H,16,18)(H,19,20). The summed E-state index contributed by atoms with van der Waals surface area (Å²) in [5.74, 6) is -1.58. The SMILES string of the molecule is O=C(O)C1=NOC(C(=O)Nc2cccc3ccccc23)C1. The molecule has 6 heteroatoms. The predicted octanol–water partition coefficient (Wildman–Crippen LogP) is 2.01. The summed E-state index contributed by atoms with van der Waals surface area (Å²) in [7, 11) is 0. The Morgan fingerprint density at radius 2 is 1.95 bits per heavy atom. The van der Waals surface area contributed by atoms with E-state index in [4.69, 9.17) is 9.94 Å². The molecule has 1 heterocycles.